The van der Waals surface area contributed by atoms with Gasteiger partial charge in [0.25, 0.3) is 5.01 Å². The average Bonchev–Trinajstić information content (AvgIpc) is 3.27. The molecule has 0 aliphatic carbocycles. The summed E-state index contributed by atoms with van der Waals surface area (Å²) < 4.78 is 3.72. The zero-order chi connectivity index (χ0) is 19.5. The fourth-order valence-electron chi connectivity index (χ4n) is 3.47. The molecule has 2 heterocycles. The monoisotopic (exact) mass is 532 g/mol. The number of para-hydroxylation sites is 2. The van der Waals surface area contributed by atoms with Crippen molar-refractivity contribution in [2.45, 2.75) is 32.2 Å². The number of hydrogen-bond donors (Lipinski definition) is 0. The lowest BCUT2D eigenvalue weighted by Crippen LogP contribution is -3.00. The van der Waals surface area contributed by atoms with Gasteiger partial charge in [0.1, 0.15) is 11.2 Å². The number of thioether (sulfide) groups is 1. The Hall–Kier alpha value is -1.57. The number of thiazole rings is 1. The van der Waals surface area contributed by atoms with Crippen molar-refractivity contribution in [3.05, 3.63) is 82.4 Å². The number of anilines is 1. The van der Waals surface area contributed by atoms with Gasteiger partial charge in [-0.3, -0.25) is 0 Å². The van der Waals surface area contributed by atoms with Crippen molar-refractivity contribution >= 4 is 45.1 Å². The van der Waals surface area contributed by atoms with E-state index < -0.39 is 0 Å². The van der Waals surface area contributed by atoms with Crippen LogP contribution in [0.2, 0.25) is 0 Å². The Balaban J connectivity index is 0.00000240. The molecule has 0 bridgehead atoms. The van der Waals surface area contributed by atoms with Crippen LogP contribution >= 0.6 is 23.1 Å². The number of aryl methyl sites for hydroxylation is 1. The standard InChI is InChI=1S/C24H25N2S2.HI/c1-4-25-19-10-6-8-12-21(19)27-23(25)16-14-18(3)15-17-24-26(5-2)20-11-7-9-13-22(20)28-24;/h6-17H,4-5H2,1-3H3;1H/q+1;/p-1. The van der Waals surface area contributed by atoms with Gasteiger partial charge in [-0.1, -0.05) is 65.1 Å². The molecule has 0 N–H and O–H groups in total. The lowest BCUT2D eigenvalue weighted by molar-refractivity contribution is -0.665. The summed E-state index contributed by atoms with van der Waals surface area (Å²) in [5, 5.41) is 2.59. The summed E-state index contributed by atoms with van der Waals surface area (Å²) in [6, 6.07) is 17.3. The molecule has 1 aliphatic rings. The van der Waals surface area contributed by atoms with Crippen molar-refractivity contribution in [3.63, 3.8) is 0 Å². The molecule has 0 atom stereocenters. The Morgan fingerprint density at radius 1 is 1.07 bits per heavy atom. The maximum absolute atomic E-state index is 2.38. The third kappa shape index (κ3) is 4.62. The Bertz CT molecular complexity index is 1100. The van der Waals surface area contributed by atoms with Crippen molar-refractivity contribution in [2.75, 3.05) is 11.4 Å². The molecule has 2 aromatic carbocycles. The van der Waals surface area contributed by atoms with E-state index in [1.165, 1.54) is 36.4 Å². The Morgan fingerprint density at radius 3 is 2.62 bits per heavy atom. The van der Waals surface area contributed by atoms with E-state index in [9.17, 15) is 0 Å². The molecule has 1 aliphatic heterocycles. The molecule has 0 unspecified atom stereocenters. The second-order valence-electron chi connectivity index (χ2n) is 6.72. The first kappa shape index (κ1) is 22.1. The third-order valence-corrected chi connectivity index (χ3v) is 7.14. The van der Waals surface area contributed by atoms with Gasteiger partial charge >= 0.3 is 0 Å². The highest BCUT2D eigenvalue weighted by Gasteiger charge is 2.22. The van der Waals surface area contributed by atoms with E-state index in [0.29, 0.717) is 0 Å². The third-order valence-electron chi connectivity index (χ3n) is 4.88. The van der Waals surface area contributed by atoms with E-state index in [4.69, 9.17) is 0 Å². The SMILES string of the molecule is CCN1/C(=C/C=C(C)/C=C/c2sc3ccccc3[n+]2CC)Sc2ccccc21.[I-]. The van der Waals surface area contributed by atoms with Crippen LogP contribution < -0.4 is 33.4 Å². The van der Waals surface area contributed by atoms with Crippen molar-refractivity contribution < 1.29 is 28.5 Å². The lowest BCUT2D eigenvalue weighted by atomic mass is 10.2. The topological polar surface area (TPSA) is 7.12 Å². The second-order valence-corrected chi connectivity index (χ2v) is 8.84. The van der Waals surface area contributed by atoms with Crippen LogP contribution in [-0.2, 0) is 6.54 Å². The van der Waals surface area contributed by atoms with Gasteiger partial charge in [0.05, 0.1) is 10.7 Å². The number of nitrogens with zero attached hydrogens (tertiary/aromatic N) is 2. The first-order valence-electron chi connectivity index (χ1n) is 9.73. The largest absolute Gasteiger partial charge is 1.00 e. The first-order valence-corrected chi connectivity index (χ1v) is 11.4. The molecule has 0 spiro atoms. The quantitative estimate of drug-likeness (QED) is 0.282. The minimum Gasteiger partial charge on any atom is -1.00 e. The summed E-state index contributed by atoms with van der Waals surface area (Å²) in [7, 11) is 0. The summed E-state index contributed by atoms with van der Waals surface area (Å²) in [5.41, 5.74) is 3.88. The van der Waals surface area contributed by atoms with Gasteiger partial charge < -0.3 is 28.9 Å². The van der Waals surface area contributed by atoms with E-state index in [-0.39, 0.29) is 24.0 Å². The van der Waals surface area contributed by atoms with E-state index in [2.05, 4.69) is 103 Å². The second kappa shape index (κ2) is 9.96. The molecular formula is C24H25IN2S2. The van der Waals surface area contributed by atoms with Crippen LogP contribution in [0, 0.1) is 0 Å². The molecule has 0 saturated carbocycles. The van der Waals surface area contributed by atoms with Crippen LogP contribution in [0.25, 0.3) is 16.3 Å². The van der Waals surface area contributed by atoms with Gasteiger partial charge in [-0.2, -0.15) is 4.57 Å². The molecule has 4 rings (SSSR count). The molecule has 29 heavy (non-hydrogen) atoms. The molecule has 2 nitrogen and oxygen atoms in total. The van der Waals surface area contributed by atoms with Gasteiger partial charge in [-0.05, 0) is 45.0 Å². The van der Waals surface area contributed by atoms with Crippen LogP contribution in [-0.4, -0.2) is 6.54 Å². The van der Waals surface area contributed by atoms with Crippen LogP contribution in [0.1, 0.15) is 25.8 Å². The van der Waals surface area contributed by atoms with Crippen molar-refractivity contribution in [1.29, 1.82) is 0 Å². The van der Waals surface area contributed by atoms with Crippen molar-refractivity contribution in [1.82, 2.24) is 0 Å². The number of aromatic nitrogens is 1. The highest BCUT2D eigenvalue weighted by atomic mass is 127. The van der Waals surface area contributed by atoms with E-state index in [1.54, 1.807) is 0 Å². The molecule has 5 heteroatoms. The predicted octanol–water partition coefficient (Wildman–Crippen LogP) is 3.65. The molecule has 0 saturated heterocycles. The van der Waals surface area contributed by atoms with E-state index in [1.807, 2.05) is 23.1 Å². The molecule has 0 radical (unpaired) electrons. The Morgan fingerprint density at radius 2 is 1.83 bits per heavy atom. The fraction of sp³-hybridized carbons (Fsp3) is 0.208. The minimum absolute atomic E-state index is 0. The summed E-state index contributed by atoms with van der Waals surface area (Å²) in [6.07, 6.45) is 8.92. The fourth-order valence-corrected chi connectivity index (χ4v) is 5.72. The molecule has 0 amide bonds. The maximum Gasteiger partial charge on any atom is 0.262 e. The van der Waals surface area contributed by atoms with Crippen molar-refractivity contribution in [3.8, 4) is 0 Å². The number of hydrogen-bond acceptors (Lipinski definition) is 3. The zero-order valence-electron chi connectivity index (χ0n) is 16.9. The predicted molar refractivity (Wildman–Crippen MR) is 124 cm³/mol. The molecule has 3 aromatic rings. The van der Waals surface area contributed by atoms with Crippen LogP contribution in [0.15, 0.2) is 82.3 Å². The van der Waals surface area contributed by atoms with Gasteiger partial charge in [0.15, 0.2) is 0 Å². The van der Waals surface area contributed by atoms with E-state index >= 15 is 0 Å². The summed E-state index contributed by atoms with van der Waals surface area (Å²) >= 11 is 3.70. The van der Waals surface area contributed by atoms with Gasteiger partial charge in [0, 0.05) is 23.6 Å². The minimum atomic E-state index is 0. The Labute approximate surface area is 198 Å². The lowest BCUT2D eigenvalue weighted by Gasteiger charge is -2.17. The molecular weight excluding hydrogens is 507 g/mol. The maximum atomic E-state index is 2.38. The Kier molecular flexibility index (Phi) is 7.60. The van der Waals surface area contributed by atoms with Gasteiger partial charge in [0.2, 0.25) is 5.52 Å². The first-order chi connectivity index (χ1) is 13.7. The smallest absolute Gasteiger partial charge is 0.262 e. The van der Waals surface area contributed by atoms with Crippen LogP contribution in [0.3, 0.4) is 0 Å². The number of rotatable bonds is 5. The number of fused-ring (bicyclic) bond motifs is 2. The number of allylic oxidation sites excluding steroid dienone is 4. The van der Waals surface area contributed by atoms with Gasteiger partial charge in [-0.15, -0.1) is 0 Å². The average molecular weight is 533 g/mol. The zero-order valence-corrected chi connectivity index (χ0v) is 20.7. The van der Waals surface area contributed by atoms with Crippen LogP contribution in [0.4, 0.5) is 5.69 Å². The highest BCUT2D eigenvalue weighted by molar-refractivity contribution is 8.03. The van der Waals surface area contributed by atoms with Crippen LogP contribution in [0.5, 0.6) is 0 Å². The summed E-state index contributed by atoms with van der Waals surface area (Å²) in [4.78, 5) is 3.72. The molecule has 1 aromatic heterocycles. The summed E-state index contributed by atoms with van der Waals surface area (Å²) in [5.74, 6) is 0. The van der Waals surface area contributed by atoms with Crippen molar-refractivity contribution in [2.24, 2.45) is 0 Å². The normalized spacial score (nSPS) is 15.3. The summed E-state index contributed by atoms with van der Waals surface area (Å²) in [6.45, 7) is 8.55. The molecule has 0 fully saturated rings. The highest BCUT2D eigenvalue weighted by Crippen LogP contribution is 2.45. The molecule has 150 valence electrons. The van der Waals surface area contributed by atoms with E-state index in [0.717, 1.165) is 13.1 Å². The number of benzene rings is 2. The number of halogens is 1. The van der Waals surface area contributed by atoms with Gasteiger partial charge in [-0.25, -0.2) is 0 Å².